The smallest absolute Gasteiger partial charge is 0.223 e. The first-order valence-corrected chi connectivity index (χ1v) is 9.04. The topological polar surface area (TPSA) is 52.6 Å². The quantitative estimate of drug-likeness (QED) is 0.839. The first-order chi connectivity index (χ1) is 10.4. The van der Waals surface area contributed by atoms with E-state index in [1.165, 1.54) is 19.3 Å². The zero-order valence-electron chi connectivity index (χ0n) is 14.6. The Labute approximate surface area is 135 Å². The Morgan fingerprint density at radius 3 is 2.36 bits per heavy atom. The fourth-order valence-corrected chi connectivity index (χ4v) is 3.81. The molecule has 1 saturated heterocycles. The highest BCUT2D eigenvalue weighted by molar-refractivity contribution is 5.76. The van der Waals surface area contributed by atoms with Crippen LogP contribution >= 0.6 is 0 Å². The van der Waals surface area contributed by atoms with Gasteiger partial charge in [-0.3, -0.25) is 4.79 Å². The lowest BCUT2D eigenvalue weighted by atomic mass is 9.84. The third-order valence-electron chi connectivity index (χ3n) is 5.12. The van der Waals surface area contributed by atoms with Crippen molar-refractivity contribution in [3.05, 3.63) is 0 Å². The molecular formula is C18H34N2O2. The lowest BCUT2D eigenvalue weighted by molar-refractivity contribution is -0.134. The number of carbonyl (C=O) groups is 1. The van der Waals surface area contributed by atoms with E-state index in [0.717, 1.165) is 32.4 Å². The van der Waals surface area contributed by atoms with Gasteiger partial charge in [0, 0.05) is 38.2 Å². The van der Waals surface area contributed by atoms with Gasteiger partial charge in [0.25, 0.3) is 0 Å². The lowest BCUT2D eigenvalue weighted by Crippen LogP contribution is -2.51. The van der Waals surface area contributed by atoms with Crippen molar-refractivity contribution in [2.75, 3.05) is 19.7 Å². The minimum atomic E-state index is 0.0721. The van der Waals surface area contributed by atoms with Crippen molar-refractivity contribution >= 4 is 5.91 Å². The third-order valence-corrected chi connectivity index (χ3v) is 5.12. The molecule has 2 aliphatic rings. The fraction of sp³-hybridized carbons (Fsp3) is 0.944. The number of likely N-dealkylation sites (tertiary alicyclic amines) is 1. The predicted molar refractivity (Wildman–Crippen MR) is 89.6 cm³/mol. The molecule has 0 aromatic rings. The van der Waals surface area contributed by atoms with Crippen LogP contribution in [0.4, 0.5) is 0 Å². The Bertz CT molecular complexity index is 357. The molecule has 2 atom stereocenters. The van der Waals surface area contributed by atoms with Gasteiger partial charge in [-0.2, -0.15) is 0 Å². The normalized spacial score (nSPS) is 27.9. The number of nitrogens with one attached hydrogen (secondary N) is 1. The average Bonchev–Trinajstić information content (AvgIpc) is 2.47. The molecule has 2 fully saturated rings. The molecule has 0 bridgehead atoms. The van der Waals surface area contributed by atoms with Crippen LogP contribution in [0.5, 0.6) is 0 Å². The maximum Gasteiger partial charge on any atom is 0.223 e. The van der Waals surface area contributed by atoms with Crippen LogP contribution < -0.4 is 5.32 Å². The second-order valence-corrected chi connectivity index (χ2v) is 8.39. The Kier molecular flexibility index (Phi) is 6.27. The van der Waals surface area contributed by atoms with Crippen LogP contribution in [0.15, 0.2) is 0 Å². The minimum Gasteiger partial charge on any atom is -0.396 e. The van der Waals surface area contributed by atoms with Crippen molar-refractivity contribution in [3.8, 4) is 0 Å². The van der Waals surface area contributed by atoms with Crippen molar-refractivity contribution in [2.45, 2.75) is 77.8 Å². The van der Waals surface area contributed by atoms with E-state index in [1.54, 1.807) is 0 Å². The molecule has 4 heteroatoms. The Balaban J connectivity index is 1.76. The summed E-state index contributed by atoms with van der Waals surface area (Å²) in [5, 5.41) is 13.3. The number of aliphatic hydroxyl groups excluding tert-OH is 1. The van der Waals surface area contributed by atoms with E-state index in [1.807, 2.05) is 4.90 Å². The van der Waals surface area contributed by atoms with Crippen LogP contribution in [-0.4, -0.2) is 47.7 Å². The summed E-state index contributed by atoms with van der Waals surface area (Å²) in [4.78, 5) is 14.3. The highest BCUT2D eigenvalue weighted by atomic mass is 16.3. The largest absolute Gasteiger partial charge is 0.396 e. The van der Waals surface area contributed by atoms with Gasteiger partial charge < -0.3 is 15.3 Å². The predicted octanol–water partition coefficient (Wildman–Crippen LogP) is 2.55. The number of hydrogen-bond donors (Lipinski definition) is 2. The molecule has 4 nitrogen and oxygen atoms in total. The molecule has 1 amide bonds. The van der Waals surface area contributed by atoms with Crippen molar-refractivity contribution in [1.82, 2.24) is 10.2 Å². The van der Waals surface area contributed by atoms with Crippen molar-refractivity contribution in [1.29, 1.82) is 0 Å². The molecular weight excluding hydrogens is 276 g/mol. The van der Waals surface area contributed by atoms with Gasteiger partial charge in [0.1, 0.15) is 0 Å². The average molecular weight is 310 g/mol. The number of rotatable bonds is 4. The molecule has 0 spiro atoms. The number of hydrogen-bond acceptors (Lipinski definition) is 3. The van der Waals surface area contributed by atoms with Gasteiger partial charge in [0.15, 0.2) is 0 Å². The van der Waals surface area contributed by atoms with Crippen LogP contribution in [0.2, 0.25) is 0 Å². The van der Waals surface area contributed by atoms with E-state index in [2.05, 4.69) is 26.1 Å². The maximum atomic E-state index is 12.3. The van der Waals surface area contributed by atoms with E-state index in [9.17, 15) is 9.90 Å². The maximum absolute atomic E-state index is 12.3. The second kappa shape index (κ2) is 7.78. The van der Waals surface area contributed by atoms with Crippen LogP contribution in [0, 0.1) is 11.3 Å². The van der Waals surface area contributed by atoms with Gasteiger partial charge in [-0.1, -0.05) is 33.6 Å². The summed E-state index contributed by atoms with van der Waals surface area (Å²) in [6.07, 6.45) is 7.60. The molecule has 0 unspecified atom stereocenters. The Morgan fingerprint density at radius 2 is 1.77 bits per heavy atom. The van der Waals surface area contributed by atoms with E-state index >= 15 is 0 Å². The summed E-state index contributed by atoms with van der Waals surface area (Å²) >= 11 is 0. The van der Waals surface area contributed by atoms with Gasteiger partial charge in [0.2, 0.25) is 5.91 Å². The third kappa shape index (κ3) is 5.24. The Morgan fingerprint density at radius 1 is 1.14 bits per heavy atom. The van der Waals surface area contributed by atoms with Gasteiger partial charge in [0.05, 0.1) is 0 Å². The van der Waals surface area contributed by atoms with E-state index in [-0.39, 0.29) is 5.41 Å². The number of aliphatic hydroxyl groups is 1. The van der Waals surface area contributed by atoms with Crippen molar-refractivity contribution in [2.24, 2.45) is 11.3 Å². The van der Waals surface area contributed by atoms with E-state index in [4.69, 9.17) is 0 Å². The van der Waals surface area contributed by atoms with Crippen LogP contribution in [0.25, 0.3) is 0 Å². The number of piperidine rings is 1. The molecule has 0 radical (unpaired) electrons. The second-order valence-electron chi connectivity index (χ2n) is 8.39. The number of carbonyl (C=O) groups excluding carboxylic acids is 1. The highest BCUT2D eigenvalue weighted by Gasteiger charge is 2.30. The summed E-state index contributed by atoms with van der Waals surface area (Å²) in [7, 11) is 0. The molecule has 128 valence electrons. The Hall–Kier alpha value is -0.610. The SMILES string of the molecule is CC(C)(C)CC(=O)N1CCC(N[C@H]2CCCC[C@@H]2CO)CC1. The molecule has 2 rings (SSSR count). The zero-order chi connectivity index (χ0) is 16.2. The molecule has 0 aromatic carbocycles. The molecule has 22 heavy (non-hydrogen) atoms. The zero-order valence-corrected chi connectivity index (χ0v) is 14.6. The van der Waals surface area contributed by atoms with Crippen LogP contribution in [-0.2, 0) is 4.79 Å². The standard InChI is InChI=1S/C18H34N2O2/c1-18(2,3)12-17(22)20-10-8-15(9-11-20)19-16-7-5-4-6-14(16)13-21/h14-16,19,21H,4-13H2,1-3H3/t14-,16+/m1/s1. The fourth-order valence-electron chi connectivity index (χ4n) is 3.81. The van der Waals surface area contributed by atoms with Crippen molar-refractivity contribution in [3.63, 3.8) is 0 Å². The summed E-state index contributed by atoms with van der Waals surface area (Å²) in [6, 6.07) is 0.983. The van der Waals surface area contributed by atoms with Gasteiger partial charge in [-0.05, 0) is 37.0 Å². The summed E-state index contributed by atoms with van der Waals surface area (Å²) in [5.74, 6) is 0.728. The van der Waals surface area contributed by atoms with E-state index < -0.39 is 0 Å². The summed E-state index contributed by atoms with van der Waals surface area (Å²) in [6.45, 7) is 8.43. The van der Waals surface area contributed by atoms with E-state index in [0.29, 0.717) is 36.9 Å². The van der Waals surface area contributed by atoms with Crippen molar-refractivity contribution < 1.29 is 9.90 Å². The van der Waals surface area contributed by atoms with Crippen LogP contribution in [0.3, 0.4) is 0 Å². The lowest BCUT2D eigenvalue weighted by Gasteiger charge is -2.38. The number of amides is 1. The minimum absolute atomic E-state index is 0.0721. The molecule has 1 aliphatic heterocycles. The molecule has 0 aromatic heterocycles. The summed E-state index contributed by atoms with van der Waals surface area (Å²) < 4.78 is 0. The first-order valence-electron chi connectivity index (χ1n) is 9.04. The van der Waals surface area contributed by atoms with Gasteiger partial charge in [-0.25, -0.2) is 0 Å². The molecule has 1 aliphatic carbocycles. The molecule has 1 saturated carbocycles. The molecule has 2 N–H and O–H groups in total. The highest BCUT2D eigenvalue weighted by Crippen LogP contribution is 2.26. The first kappa shape index (κ1) is 17.7. The molecule has 1 heterocycles. The monoisotopic (exact) mass is 310 g/mol. The number of nitrogens with zero attached hydrogens (tertiary/aromatic N) is 1. The summed E-state index contributed by atoms with van der Waals surface area (Å²) in [5.41, 5.74) is 0.0721. The van der Waals surface area contributed by atoms with Crippen LogP contribution in [0.1, 0.15) is 65.7 Å². The van der Waals surface area contributed by atoms with Gasteiger partial charge in [-0.15, -0.1) is 0 Å². The van der Waals surface area contributed by atoms with Gasteiger partial charge >= 0.3 is 0 Å².